The van der Waals surface area contributed by atoms with Gasteiger partial charge in [-0.2, -0.15) is 0 Å². The summed E-state index contributed by atoms with van der Waals surface area (Å²) in [5, 5.41) is 1.94. The Labute approximate surface area is 154 Å². The topological polar surface area (TPSA) is 38.7 Å². The molecule has 0 spiro atoms. The van der Waals surface area contributed by atoms with Crippen molar-refractivity contribution in [2.75, 3.05) is 0 Å². The lowest BCUT2D eigenvalue weighted by Gasteiger charge is -2.14. The molecule has 2 heterocycles. The molecule has 0 saturated carbocycles. The van der Waals surface area contributed by atoms with Gasteiger partial charge in [-0.15, -0.1) is 11.3 Å². The Morgan fingerprint density at radius 1 is 0.857 bits per heavy atom. The average Bonchev–Trinajstić information content (AvgIpc) is 2.87. The Hall–Kier alpha value is 0.190. The van der Waals surface area contributed by atoms with Gasteiger partial charge in [-0.3, -0.25) is 0 Å². The van der Waals surface area contributed by atoms with Crippen molar-refractivity contribution in [1.82, 2.24) is 15.0 Å². The molecular weight excluding hydrogens is 419 g/mol. The Morgan fingerprint density at radius 3 is 1.86 bits per heavy atom. The number of nitrogens with zero attached hydrogens (tertiary/aromatic N) is 3. The van der Waals surface area contributed by atoms with E-state index in [9.17, 15) is 0 Å². The number of halogens is 6. The highest BCUT2D eigenvalue weighted by molar-refractivity contribution is 7.10. The molecule has 3 nitrogen and oxygen atoms in total. The fourth-order valence-corrected chi connectivity index (χ4v) is 2.39. The predicted molar refractivity (Wildman–Crippen MR) is 91.5 cm³/mol. The fraction of sp³-hybridized carbons (Fsp3) is 0.182. The molecule has 10 heteroatoms. The first-order valence-corrected chi connectivity index (χ1v) is 8.43. The van der Waals surface area contributed by atoms with Crippen molar-refractivity contribution in [2.24, 2.45) is 0 Å². The summed E-state index contributed by atoms with van der Waals surface area (Å²) in [6, 6.07) is 3.84. The van der Waals surface area contributed by atoms with Gasteiger partial charge >= 0.3 is 0 Å². The van der Waals surface area contributed by atoms with E-state index in [1.54, 1.807) is 23.5 Å². The fourth-order valence-electron chi connectivity index (χ4n) is 1.26. The van der Waals surface area contributed by atoms with Crippen LogP contribution in [0.4, 0.5) is 0 Å². The molecule has 2 aromatic rings. The van der Waals surface area contributed by atoms with Crippen molar-refractivity contribution in [2.45, 2.75) is 7.59 Å². The number of rotatable bonds is 2. The van der Waals surface area contributed by atoms with Gasteiger partial charge in [0.1, 0.15) is 0 Å². The molecule has 0 aliphatic carbocycles. The maximum Gasteiger partial charge on any atom is 0.250 e. The van der Waals surface area contributed by atoms with Crippen LogP contribution in [0, 0.1) is 0 Å². The third-order valence-corrected chi connectivity index (χ3v) is 3.95. The van der Waals surface area contributed by atoms with E-state index in [4.69, 9.17) is 69.6 Å². The number of hydrogen-bond donors (Lipinski definition) is 0. The number of aromatic nitrogens is 3. The van der Waals surface area contributed by atoms with Gasteiger partial charge in [-0.25, -0.2) is 15.0 Å². The summed E-state index contributed by atoms with van der Waals surface area (Å²) < 4.78 is -3.70. The van der Waals surface area contributed by atoms with E-state index < -0.39 is 7.59 Å². The highest BCUT2D eigenvalue weighted by atomic mass is 35.6. The van der Waals surface area contributed by atoms with E-state index in [1.165, 1.54) is 0 Å². The average molecular weight is 424 g/mol. The molecule has 0 amide bonds. The van der Waals surface area contributed by atoms with E-state index in [0.717, 1.165) is 4.88 Å². The molecule has 0 atom stereocenters. The van der Waals surface area contributed by atoms with Crippen LogP contribution in [0.2, 0.25) is 0 Å². The van der Waals surface area contributed by atoms with E-state index in [-0.39, 0.29) is 17.5 Å². The van der Waals surface area contributed by atoms with Crippen LogP contribution in [0.5, 0.6) is 0 Å². The molecule has 0 radical (unpaired) electrons. The molecular formula is C11H5Cl6N3S. The van der Waals surface area contributed by atoms with Gasteiger partial charge in [0.05, 0.1) is 0 Å². The Morgan fingerprint density at radius 2 is 1.43 bits per heavy atom. The van der Waals surface area contributed by atoms with E-state index >= 15 is 0 Å². The first kappa shape index (κ1) is 17.5. The summed E-state index contributed by atoms with van der Waals surface area (Å²) in [4.78, 5) is 13.0. The van der Waals surface area contributed by atoms with E-state index in [0.29, 0.717) is 0 Å². The third kappa shape index (κ3) is 5.10. The maximum absolute atomic E-state index is 5.78. The summed E-state index contributed by atoms with van der Waals surface area (Å²) in [6.07, 6.45) is 3.41. The Kier molecular flexibility index (Phi) is 5.64. The molecule has 0 aromatic carbocycles. The quantitative estimate of drug-likeness (QED) is 0.576. The van der Waals surface area contributed by atoms with Crippen LogP contribution in [-0.4, -0.2) is 15.0 Å². The maximum atomic E-state index is 5.78. The molecule has 0 N–H and O–H groups in total. The molecule has 21 heavy (non-hydrogen) atoms. The first-order chi connectivity index (χ1) is 9.66. The lowest BCUT2D eigenvalue weighted by molar-refractivity contribution is 0.835. The lowest BCUT2D eigenvalue weighted by Crippen LogP contribution is -2.16. The van der Waals surface area contributed by atoms with Gasteiger partial charge < -0.3 is 0 Å². The van der Waals surface area contributed by atoms with Crippen molar-refractivity contribution in [3.05, 3.63) is 39.9 Å². The van der Waals surface area contributed by atoms with Crippen molar-refractivity contribution in [3.8, 4) is 0 Å². The second-order valence-electron chi connectivity index (χ2n) is 3.69. The van der Waals surface area contributed by atoms with Crippen molar-refractivity contribution in [1.29, 1.82) is 0 Å². The van der Waals surface area contributed by atoms with Crippen LogP contribution >= 0.6 is 80.9 Å². The molecule has 0 bridgehead atoms. The van der Waals surface area contributed by atoms with Crippen molar-refractivity contribution < 1.29 is 0 Å². The highest BCUT2D eigenvalue weighted by Crippen LogP contribution is 2.39. The molecule has 0 aliphatic rings. The van der Waals surface area contributed by atoms with Gasteiger partial charge in [-0.05, 0) is 23.6 Å². The van der Waals surface area contributed by atoms with Crippen molar-refractivity contribution in [3.63, 3.8) is 0 Å². The molecule has 2 rings (SSSR count). The van der Waals surface area contributed by atoms with Gasteiger partial charge in [-0.1, -0.05) is 75.7 Å². The van der Waals surface area contributed by atoms with Gasteiger partial charge in [0.15, 0.2) is 17.5 Å². The Bertz CT molecular complexity index is 613. The second-order valence-corrected chi connectivity index (χ2v) is 9.23. The molecule has 0 unspecified atom stereocenters. The SMILES string of the molecule is ClC(Cl)(Cl)c1nc(/C=C/c2cccs2)nc(C(Cl)(Cl)Cl)n1. The summed E-state index contributed by atoms with van der Waals surface area (Å²) in [5.74, 6) is -0.00893. The zero-order valence-corrected chi connectivity index (χ0v) is 15.3. The van der Waals surface area contributed by atoms with Crippen LogP contribution in [0.25, 0.3) is 12.2 Å². The van der Waals surface area contributed by atoms with Crippen LogP contribution < -0.4 is 0 Å². The molecule has 2 aromatic heterocycles. The van der Waals surface area contributed by atoms with E-state index in [1.807, 2.05) is 17.5 Å². The van der Waals surface area contributed by atoms with Crippen LogP contribution in [0.15, 0.2) is 17.5 Å². The van der Waals surface area contributed by atoms with Gasteiger partial charge in [0.2, 0.25) is 7.59 Å². The van der Waals surface area contributed by atoms with Crippen LogP contribution in [0.3, 0.4) is 0 Å². The van der Waals surface area contributed by atoms with Gasteiger partial charge in [0, 0.05) is 4.88 Å². The summed E-state index contributed by atoms with van der Waals surface area (Å²) in [6.45, 7) is 0. The normalized spacial score (nSPS) is 13.0. The number of thiophene rings is 1. The van der Waals surface area contributed by atoms with Crippen molar-refractivity contribution >= 4 is 93.1 Å². The zero-order valence-electron chi connectivity index (χ0n) is 9.90. The summed E-state index contributed by atoms with van der Waals surface area (Å²) >= 11 is 36.2. The monoisotopic (exact) mass is 421 g/mol. The summed E-state index contributed by atoms with van der Waals surface area (Å²) in [7, 11) is 0. The van der Waals surface area contributed by atoms with Crippen LogP contribution in [0.1, 0.15) is 22.4 Å². The molecule has 0 saturated heterocycles. The molecule has 0 aliphatic heterocycles. The number of alkyl halides is 6. The Balaban J connectivity index is 2.45. The lowest BCUT2D eigenvalue weighted by atomic mass is 10.4. The standard InChI is InChI=1S/C11H5Cl6N3S/c12-10(13,14)8-18-7(4-3-6-2-1-5-21-6)19-9(20-8)11(15,16)17/h1-5H/b4-3+. The summed E-state index contributed by atoms with van der Waals surface area (Å²) in [5.41, 5.74) is 0. The minimum absolute atomic E-state index is 0.116. The molecule has 0 fully saturated rings. The number of hydrogen-bond acceptors (Lipinski definition) is 4. The highest BCUT2D eigenvalue weighted by Gasteiger charge is 2.33. The minimum Gasteiger partial charge on any atom is -0.209 e. The smallest absolute Gasteiger partial charge is 0.209 e. The third-order valence-electron chi connectivity index (χ3n) is 2.10. The van der Waals surface area contributed by atoms with E-state index in [2.05, 4.69) is 15.0 Å². The largest absolute Gasteiger partial charge is 0.250 e. The minimum atomic E-state index is -1.85. The van der Waals surface area contributed by atoms with Crippen LogP contribution in [-0.2, 0) is 7.59 Å². The predicted octanol–water partition coefficient (Wildman–Crippen LogP) is 5.76. The molecule has 112 valence electrons. The second kappa shape index (κ2) is 6.75. The van der Waals surface area contributed by atoms with Gasteiger partial charge in [0.25, 0.3) is 0 Å². The first-order valence-electron chi connectivity index (χ1n) is 5.28. The zero-order chi connectivity index (χ0) is 15.7.